The lowest BCUT2D eigenvalue weighted by Gasteiger charge is -2.06. The molecule has 0 saturated carbocycles. The second-order valence-electron chi connectivity index (χ2n) is 4.41. The summed E-state index contributed by atoms with van der Waals surface area (Å²) in [5, 5.41) is -0.0560. The maximum absolute atomic E-state index is 12.2. The van der Waals surface area contributed by atoms with Gasteiger partial charge in [0.25, 0.3) is 10.0 Å². The van der Waals surface area contributed by atoms with E-state index in [-0.39, 0.29) is 5.03 Å². The van der Waals surface area contributed by atoms with Crippen LogP contribution in [0.2, 0.25) is 0 Å². The van der Waals surface area contributed by atoms with Gasteiger partial charge in [0.2, 0.25) is 0 Å². The van der Waals surface area contributed by atoms with E-state index < -0.39 is 16.0 Å². The van der Waals surface area contributed by atoms with Gasteiger partial charge in [0, 0.05) is 18.9 Å². The molecule has 1 N–H and O–H groups in total. The molecule has 0 aliphatic carbocycles. The van der Waals surface area contributed by atoms with Gasteiger partial charge in [-0.1, -0.05) is 0 Å². The number of sulfonamides is 1. The molecule has 0 fully saturated rings. The number of benzene rings is 1. The first-order valence-electron chi connectivity index (χ1n) is 6.04. The van der Waals surface area contributed by atoms with Crippen LogP contribution in [0.15, 0.2) is 35.5 Å². The Morgan fingerprint density at radius 3 is 2.38 bits per heavy atom. The first-order chi connectivity index (χ1) is 9.83. The van der Waals surface area contributed by atoms with Crippen LogP contribution in [0.5, 0.6) is 0 Å². The highest BCUT2D eigenvalue weighted by molar-refractivity contribution is 7.92. The van der Waals surface area contributed by atoms with Crippen LogP contribution >= 0.6 is 0 Å². The molecule has 8 heteroatoms. The molecular formula is C13H15N3O4S. The zero-order chi connectivity index (χ0) is 15.6. The minimum absolute atomic E-state index is 0.0560. The number of rotatable bonds is 4. The third-order valence-corrected chi connectivity index (χ3v) is 4.17. The Morgan fingerprint density at radius 2 is 1.90 bits per heavy atom. The Labute approximate surface area is 122 Å². The molecule has 0 saturated heterocycles. The minimum Gasteiger partial charge on any atom is -0.465 e. The molecule has 0 spiro atoms. The number of nitrogens with one attached hydrogen (secondary N) is 1. The summed E-state index contributed by atoms with van der Waals surface area (Å²) in [5.41, 5.74) is 0.681. The Morgan fingerprint density at radius 1 is 1.29 bits per heavy atom. The van der Waals surface area contributed by atoms with E-state index in [9.17, 15) is 13.2 Å². The van der Waals surface area contributed by atoms with Gasteiger partial charge in [-0.2, -0.15) is 8.42 Å². The molecule has 0 amide bonds. The number of carbonyl (C=O) groups is 1. The second-order valence-corrected chi connectivity index (χ2v) is 6.04. The molecule has 0 bridgehead atoms. The van der Waals surface area contributed by atoms with Crippen molar-refractivity contribution in [2.75, 3.05) is 11.8 Å². The first-order valence-corrected chi connectivity index (χ1v) is 7.53. The van der Waals surface area contributed by atoms with Crippen molar-refractivity contribution in [2.45, 2.75) is 11.9 Å². The van der Waals surface area contributed by atoms with Crippen LogP contribution in [-0.4, -0.2) is 31.0 Å². The Hall–Kier alpha value is -2.35. The van der Waals surface area contributed by atoms with Crippen molar-refractivity contribution >= 4 is 21.7 Å². The topological polar surface area (TPSA) is 90.3 Å². The number of aryl methyl sites for hydroxylation is 2. The molecule has 1 aromatic carbocycles. The van der Waals surface area contributed by atoms with Crippen LogP contribution in [0.1, 0.15) is 16.2 Å². The van der Waals surface area contributed by atoms with Crippen LogP contribution in [0.4, 0.5) is 5.69 Å². The van der Waals surface area contributed by atoms with Crippen LogP contribution in [0.25, 0.3) is 0 Å². The standard InChI is InChI=1S/C13H15N3O4S/c1-9-14-12(8-16(9)2)21(18,19)15-11-6-4-10(5-7-11)13(17)20-3/h4-8,15H,1-3H3. The number of hydrogen-bond acceptors (Lipinski definition) is 5. The lowest BCUT2D eigenvalue weighted by molar-refractivity contribution is 0.0601. The third kappa shape index (κ3) is 3.22. The SMILES string of the molecule is COC(=O)c1ccc(NS(=O)(=O)c2cn(C)c(C)n2)cc1. The van der Waals surface area contributed by atoms with Crippen LogP contribution in [-0.2, 0) is 21.8 Å². The lowest BCUT2D eigenvalue weighted by Crippen LogP contribution is -2.13. The highest BCUT2D eigenvalue weighted by Gasteiger charge is 2.18. The van der Waals surface area contributed by atoms with Crippen molar-refractivity contribution in [1.29, 1.82) is 0 Å². The van der Waals surface area contributed by atoms with E-state index in [1.807, 2.05) is 0 Å². The summed E-state index contributed by atoms with van der Waals surface area (Å²) in [5.74, 6) is 0.112. The van der Waals surface area contributed by atoms with E-state index in [0.29, 0.717) is 17.1 Å². The van der Waals surface area contributed by atoms with E-state index in [0.717, 1.165) is 0 Å². The lowest BCUT2D eigenvalue weighted by atomic mass is 10.2. The molecule has 0 aliphatic heterocycles. The first kappa shape index (κ1) is 15.0. The molecule has 112 valence electrons. The summed E-state index contributed by atoms with van der Waals surface area (Å²) < 4.78 is 32.9. The fourth-order valence-electron chi connectivity index (χ4n) is 1.66. The number of esters is 1. The largest absolute Gasteiger partial charge is 0.465 e. The van der Waals surface area contributed by atoms with Crippen LogP contribution in [0.3, 0.4) is 0 Å². The number of ether oxygens (including phenoxy) is 1. The van der Waals surface area contributed by atoms with Gasteiger partial charge in [-0.05, 0) is 31.2 Å². The Bertz CT molecular complexity index is 744. The van der Waals surface area contributed by atoms with Gasteiger partial charge in [0.1, 0.15) is 5.82 Å². The minimum atomic E-state index is -3.75. The van der Waals surface area contributed by atoms with Gasteiger partial charge < -0.3 is 9.30 Å². The van der Waals surface area contributed by atoms with E-state index in [2.05, 4.69) is 14.4 Å². The van der Waals surface area contributed by atoms with Gasteiger partial charge in [-0.25, -0.2) is 9.78 Å². The average molecular weight is 309 g/mol. The predicted molar refractivity (Wildman–Crippen MR) is 76.5 cm³/mol. The Kier molecular flexibility index (Phi) is 3.99. The smallest absolute Gasteiger partial charge is 0.337 e. The van der Waals surface area contributed by atoms with Crippen LogP contribution in [0, 0.1) is 6.92 Å². The van der Waals surface area contributed by atoms with Crippen molar-refractivity contribution in [3.8, 4) is 0 Å². The maximum Gasteiger partial charge on any atom is 0.337 e. The maximum atomic E-state index is 12.2. The number of hydrogen-bond donors (Lipinski definition) is 1. The molecule has 7 nitrogen and oxygen atoms in total. The van der Waals surface area contributed by atoms with Gasteiger partial charge in [-0.3, -0.25) is 4.72 Å². The molecular weight excluding hydrogens is 294 g/mol. The fourth-order valence-corrected chi connectivity index (χ4v) is 2.76. The molecule has 0 radical (unpaired) electrons. The summed E-state index contributed by atoms with van der Waals surface area (Å²) >= 11 is 0. The van der Waals surface area contributed by atoms with Crippen molar-refractivity contribution in [3.63, 3.8) is 0 Å². The van der Waals surface area contributed by atoms with Crippen molar-refractivity contribution in [2.24, 2.45) is 7.05 Å². The summed E-state index contributed by atoms with van der Waals surface area (Å²) in [7, 11) is -0.757. The van der Waals surface area contributed by atoms with Gasteiger partial charge in [0.05, 0.1) is 12.7 Å². The molecule has 0 aliphatic rings. The highest BCUT2D eigenvalue weighted by atomic mass is 32.2. The number of aromatic nitrogens is 2. The van der Waals surface area contributed by atoms with E-state index in [1.165, 1.54) is 37.6 Å². The summed E-state index contributed by atoms with van der Waals surface area (Å²) in [4.78, 5) is 15.3. The molecule has 0 unspecified atom stereocenters. The third-order valence-electron chi connectivity index (χ3n) is 2.92. The number of nitrogens with zero attached hydrogens (tertiary/aromatic N) is 2. The molecule has 0 atom stereocenters. The summed E-state index contributed by atoms with van der Waals surface area (Å²) in [6.45, 7) is 1.71. The van der Waals surface area contributed by atoms with Crippen LogP contribution < -0.4 is 4.72 Å². The second kappa shape index (κ2) is 5.57. The average Bonchev–Trinajstić information content (AvgIpc) is 2.79. The number of carbonyl (C=O) groups excluding carboxylic acids is 1. The number of imidazole rings is 1. The van der Waals surface area contributed by atoms with Gasteiger partial charge in [0.15, 0.2) is 5.03 Å². The number of methoxy groups -OCH3 is 1. The zero-order valence-corrected chi connectivity index (χ0v) is 12.6. The number of anilines is 1. The summed E-state index contributed by atoms with van der Waals surface area (Å²) in [6.07, 6.45) is 1.43. The van der Waals surface area contributed by atoms with E-state index in [1.54, 1.807) is 18.5 Å². The Balaban J connectivity index is 2.22. The summed E-state index contributed by atoms with van der Waals surface area (Å²) in [6, 6.07) is 5.93. The van der Waals surface area contributed by atoms with Gasteiger partial charge in [-0.15, -0.1) is 0 Å². The molecule has 1 aromatic heterocycles. The van der Waals surface area contributed by atoms with Crippen molar-refractivity contribution in [1.82, 2.24) is 9.55 Å². The van der Waals surface area contributed by atoms with Crippen molar-refractivity contribution < 1.29 is 17.9 Å². The van der Waals surface area contributed by atoms with E-state index in [4.69, 9.17) is 0 Å². The monoisotopic (exact) mass is 309 g/mol. The van der Waals surface area contributed by atoms with E-state index >= 15 is 0 Å². The predicted octanol–water partition coefficient (Wildman–Crippen LogP) is 1.32. The quantitative estimate of drug-likeness (QED) is 0.860. The molecule has 1 heterocycles. The molecule has 2 rings (SSSR count). The normalized spacial score (nSPS) is 11.2. The van der Waals surface area contributed by atoms with Gasteiger partial charge >= 0.3 is 5.97 Å². The molecule has 21 heavy (non-hydrogen) atoms. The van der Waals surface area contributed by atoms with Crippen molar-refractivity contribution in [3.05, 3.63) is 41.9 Å². The highest BCUT2D eigenvalue weighted by Crippen LogP contribution is 2.16. The zero-order valence-electron chi connectivity index (χ0n) is 11.8. The molecule has 2 aromatic rings. The fraction of sp³-hybridized carbons (Fsp3) is 0.231.